The first-order valence-electron chi connectivity index (χ1n) is 9.06. The van der Waals surface area contributed by atoms with E-state index in [0.717, 1.165) is 35.3 Å². The Morgan fingerprint density at radius 2 is 1.65 bits per heavy atom. The number of hydrogen-bond donors (Lipinski definition) is 0. The highest BCUT2D eigenvalue weighted by Crippen LogP contribution is 2.38. The van der Waals surface area contributed by atoms with Gasteiger partial charge in [0.1, 0.15) is 0 Å². The molecule has 0 radical (unpaired) electrons. The summed E-state index contributed by atoms with van der Waals surface area (Å²) in [5.74, 6) is -0.0979. The molecule has 0 N–H and O–H groups in total. The summed E-state index contributed by atoms with van der Waals surface area (Å²) in [6.07, 6.45) is 4.89. The lowest BCUT2D eigenvalue weighted by Crippen LogP contribution is -1.99. The van der Waals surface area contributed by atoms with Gasteiger partial charge in [-0.3, -0.25) is 0 Å². The van der Waals surface area contributed by atoms with E-state index in [9.17, 15) is 4.39 Å². The van der Waals surface area contributed by atoms with Crippen LogP contribution in [0.4, 0.5) is 4.39 Å². The van der Waals surface area contributed by atoms with Crippen LogP contribution in [0.25, 0.3) is 21.6 Å². The fourth-order valence-electron chi connectivity index (χ4n) is 3.50. The van der Waals surface area contributed by atoms with Crippen molar-refractivity contribution in [1.29, 1.82) is 0 Å². The van der Waals surface area contributed by atoms with Gasteiger partial charge < -0.3 is 4.74 Å². The van der Waals surface area contributed by atoms with E-state index in [1.54, 1.807) is 6.07 Å². The Labute approximate surface area is 158 Å². The first kappa shape index (κ1) is 18.6. The Kier molecular flexibility index (Phi) is 5.72. The van der Waals surface area contributed by atoms with Crippen molar-refractivity contribution in [2.75, 3.05) is 7.11 Å². The third-order valence-electron chi connectivity index (χ3n) is 4.85. The zero-order valence-electron chi connectivity index (χ0n) is 15.7. The summed E-state index contributed by atoms with van der Waals surface area (Å²) in [7, 11) is 1.48. The van der Waals surface area contributed by atoms with Gasteiger partial charge in [-0.05, 0) is 82.9 Å². The summed E-state index contributed by atoms with van der Waals surface area (Å²) < 4.78 is 23.6. The average molecular weight is 370 g/mol. The van der Waals surface area contributed by atoms with Gasteiger partial charge in [-0.15, -0.1) is 0 Å². The minimum atomic E-state index is -0.355. The minimum absolute atomic E-state index is 0.257. The molecule has 0 amide bonds. The van der Waals surface area contributed by atoms with Gasteiger partial charge in [0.05, 0.1) is 12.0 Å². The molecule has 0 saturated heterocycles. The Hall–Kier alpha value is -2.20. The number of halogens is 1. The molecule has 2 nitrogen and oxygen atoms in total. The molecule has 0 aliphatic heterocycles. The molecule has 0 atom stereocenters. The second-order valence-electron chi connectivity index (χ2n) is 6.25. The Morgan fingerprint density at radius 1 is 0.962 bits per heavy atom. The highest BCUT2D eigenvalue weighted by atomic mass is 32.1. The van der Waals surface area contributed by atoms with Gasteiger partial charge in [0.2, 0.25) is 0 Å². The monoisotopic (exact) mass is 369 g/mol. The quantitative estimate of drug-likeness (QED) is 0.508. The molecule has 0 aliphatic carbocycles. The van der Waals surface area contributed by atoms with Crippen LogP contribution in [0.15, 0.2) is 36.5 Å². The molecule has 3 rings (SSSR count). The maximum Gasteiger partial charge on any atom is 0.165 e. The number of benzene rings is 2. The molecule has 1 aromatic heterocycles. The Bertz CT molecular complexity index is 891. The van der Waals surface area contributed by atoms with Crippen LogP contribution in [0.1, 0.15) is 37.5 Å². The van der Waals surface area contributed by atoms with E-state index in [0.29, 0.717) is 0 Å². The van der Waals surface area contributed by atoms with Gasteiger partial charge in [-0.2, -0.15) is 4.37 Å². The van der Waals surface area contributed by atoms with Gasteiger partial charge in [0.15, 0.2) is 11.6 Å². The van der Waals surface area contributed by atoms with Gasteiger partial charge >= 0.3 is 0 Å². The SMILES string of the molecule is CCc1cc(-c2sncc2-c2ccc(OC)c(F)c2)cc(CC)c1CC. The maximum atomic E-state index is 14.2. The van der Waals surface area contributed by atoms with Crippen LogP contribution in [0, 0.1) is 5.82 Å². The summed E-state index contributed by atoms with van der Waals surface area (Å²) >= 11 is 1.46. The van der Waals surface area contributed by atoms with E-state index in [1.807, 2.05) is 12.3 Å². The molecule has 0 spiro atoms. The van der Waals surface area contributed by atoms with Crippen LogP contribution < -0.4 is 4.74 Å². The third-order valence-corrected chi connectivity index (χ3v) is 5.69. The molecule has 0 aliphatic rings. The van der Waals surface area contributed by atoms with E-state index < -0.39 is 0 Å². The zero-order chi connectivity index (χ0) is 18.7. The largest absolute Gasteiger partial charge is 0.494 e. The Balaban J connectivity index is 2.13. The van der Waals surface area contributed by atoms with Crippen LogP contribution in [-0.4, -0.2) is 11.5 Å². The standard InChI is InChI=1S/C22H24FNOS/c1-5-14-10-17(11-15(6-2)18(14)7-3)22-19(13-24-26-22)16-8-9-21(25-4)20(23)12-16/h8-13H,5-7H2,1-4H3. The van der Waals surface area contributed by atoms with E-state index >= 15 is 0 Å². The molecule has 4 heteroatoms. The summed E-state index contributed by atoms with van der Waals surface area (Å²) in [6.45, 7) is 6.61. The van der Waals surface area contributed by atoms with E-state index in [4.69, 9.17) is 4.74 Å². The Morgan fingerprint density at radius 3 is 2.19 bits per heavy atom. The van der Waals surface area contributed by atoms with Crippen molar-refractivity contribution in [2.45, 2.75) is 40.0 Å². The first-order valence-corrected chi connectivity index (χ1v) is 9.83. The number of ether oxygens (including phenoxy) is 1. The highest BCUT2D eigenvalue weighted by Gasteiger charge is 2.16. The predicted molar refractivity (Wildman–Crippen MR) is 108 cm³/mol. The van der Waals surface area contributed by atoms with Gasteiger partial charge in [0, 0.05) is 11.8 Å². The summed E-state index contributed by atoms with van der Waals surface area (Å²) in [6, 6.07) is 9.62. The lowest BCUT2D eigenvalue weighted by Gasteiger charge is -2.15. The van der Waals surface area contributed by atoms with E-state index in [1.165, 1.54) is 47.0 Å². The summed E-state index contributed by atoms with van der Waals surface area (Å²) in [4.78, 5) is 1.08. The van der Waals surface area contributed by atoms with Gasteiger partial charge in [0.25, 0.3) is 0 Å². The van der Waals surface area contributed by atoms with Crippen molar-refractivity contribution in [3.05, 3.63) is 59.0 Å². The molecule has 0 bridgehead atoms. The second kappa shape index (κ2) is 8.00. The lowest BCUT2D eigenvalue weighted by molar-refractivity contribution is 0.386. The van der Waals surface area contributed by atoms with Crippen LogP contribution in [-0.2, 0) is 19.3 Å². The number of rotatable bonds is 6. The summed E-state index contributed by atoms with van der Waals surface area (Å²) in [5, 5.41) is 0. The number of hydrogen-bond acceptors (Lipinski definition) is 3. The van der Waals surface area contributed by atoms with Crippen molar-refractivity contribution >= 4 is 11.5 Å². The molecule has 0 fully saturated rings. The van der Waals surface area contributed by atoms with Gasteiger partial charge in [-0.25, -0.2) is 4.39 Å². The topological polar surface area (TPSA) is 22.1 Å². The van der Waals surface area contributed by atoms with Crippen molar-refractivity contribution in [1.82, 2.24) is 4.37 Å². The number of methoxy groups -OCH3 is 1. The van der Waals surface area contributed by atoms with Crippen LogP contribution in [0.3, 0.4) is 0 Å². The molecular formula is C22H24FNOS. The zero-order valence-corrected chi connectivity index (χ0v) is 16.5. The third kappa shape index (κ3) is 3.38. The summed E-state index contributed by atoms with van der Waals surface area (Å²) in [5.41, 5.74) is 7.20. The fourth-order valence-corrected chi connectivity index (χ4v) is 4.26. The second-order valence-corrected chi connectivity index (χ2v) is 7.05. The molecular weight excluding hydrogens is 345 g/mol. The molecule has 26 heavy (non-hydrogen) atoms. The molecule has 0 saturated carbocycles. The smallest absolute Gasteiger partial charge is 0.165 e. The fraction of sp³-hybridized carbons (Fsp3) is 0.318. The average Bonchev–Trinajstić information content (AvgIpc) is 3.16. The van der Waals surface area contributed by atoms with Crippen molar-refractivity contribution in [3.63, 3.8) is 0 Å². The first-order chi connectivity index (χ1) is 12.6. The molecule has 136 valence electrons. The number of aromatic nitrogens is 1. The van der Waals surface area contributed by atoms with Crippen molar-refractivity contribution < 1.29 is 9.13 Å². The number of nitrogens with zero attached hydrogens (tertiary/aromatic N) is 1. The number of aryl methyl sites for hydroxylation is 2. The molecule has 3 aromatic rings. The van der Waals surface area contributed by atoms with Crippen LogP contribution in [0.2, 0.25) is 0 Å². The predicted octanol–water partition coefficient (Wildman–Crippen LogP) is 6.31. The van der Waals surface area contributed by atoms with Crippen LogP contribution in [0.5, 0.6) is 5.75 Å². The molecule has 1 heterocycles. The van der Waals surface area contributed by atoms with Crippen molar-refractivity contribution in [3.8, 4) is 27.3 Å². The molecule has 2 aromatic carbocycles. The highest BCUT2D eigenvalue weighted by molar-refractivity contribution is 7.10. The normalized spacial score (nSPS) is 11.0. The minimum Gasteiger partial charge on any atom is -0.494 e. The van der Waals surface area contributed by atoms with Gasteiger partial charge in [-0.1, -0.05) is 26.8 Å². The van der Waals surface area contributed by atoms with Crippen LogP contribution >= 0.6 is 11.5 Å². The van der Waals surface area contributed by atoms with E-state index in [-0.39, 0.29) is 11.6 Å². The van der Waals surface area contributed by atoms with E-state index in [2.05, 4.69) is 37.3 Å². The maximum absolute atomic E-state index is 14.2. The molecule has 0 unspecified atom stereocenters. The van der Waals surface area contributed by atoms with Crippen molar-refractivity contribution in [2.24, 2.45) is 0 Å². The lowest BCUT2D eigenvalue weighted by atomic mass is 9.91.